The molecule has 2 aromatic carbocycles. The van der Waals surface area contributed by atoms with Gasteiger partial charge in [-0.25, -0.2) is 19.0 Å². The van der Waals surface area contributed by atoms with Gasteiger partial charge in [-0.05, 0) is 42.8 Å². The Morgan fingerprint density at radius 1 is 1.16 bits per heavy atom. The van der Waals surface area contributed by atoms with Crippen LogP contribution in [-0.4, -0.2) is 64.2 Å². The monoisotopic (exact) mass is 606 g/mol. The van der Waals surface area contributed by atoms with E-state index in [0.29, 0.717) is 30.8 Å². The van der Waals surface area contributed by atoms with Crippen LogP contribution in [0.25, 0.3) is 10.8 Å². The molecule has 3 aromatic rings. The standard InChI is InChI=1S/C30H32ClFN8O3/c1-20-36-37-27-18-39(13-14-40(20)27)12-6-10-24(38(2)29(41)34-17-23-9-5-11-25(32)28(23)31)19-43-30(42)35-26-15-21-7-3-4-8-22(21)16-33-26/h3-5,7-9,11,13-16,18,20,24H,6,10,12,17,19H2,1-2H3,(H,34,41)(H,33,35,42)/t20?,24-/m0/s1. The number of hydrogen-bond donors (Lipinski definition) is 2. The van der Waals surface area contributed by atoms with Crippen molar-refractivity contribution >= 4 is 40.3 Å². The summed E-state index contributed by atoms with van der Waals surface area (Å²) in [5.41, 5.74) is 0.454. The Hall–Kier alpha value is -4.71. The van der Waals surface area contributed by atoms with Gasteiger partial charge in [0.05, 0.1) is 11.1 Å². The number of benzene rings is 2. The van der Waals surface area contributed by atoms with Gasteiger partial charge in [-0.2, -0.15) is 5.11 Å². The van der Waals surface area contributed by atoms with E-state index in [1.54, 1.807) is 25.4 Å². The lowest BCUT2D eigenvalue weighted by Crippen LogP contribution is -2.46. The van der Waals surface area contributed by atoms with E-state index in [1.165, 1.54) is 17.0 Å². The van der Waals surface area contributed by atoms with Crippen molar-refractivity contribution in [1.82, 2.24) is 25.0 Å². The molecule has 3 heterocycles. The topological polar surface area (TPSA) is 115 Å². The van der Waals surface area contributed by atoms with Gasteiger partial charge in [0.15, 0.2) is 5.82 Å². The number of halogens is 2. The maximum absolute atomic E-state index is 13.8. The highest BCUT2D eigenvalue weighted by atomic mass is 35.5. The molecule has 224 valence electrons. The maximum Gasteiger partial charge on any atom is 0.412 e. The zero-order valence-electron chi connectivity index (χ0n) is 23.8. The van der Waals surface area contributed by atoms with Gasteiger partial charge in [-0.3, -0.25) is 5.32 Å². The summed E-state index contributed by atoms with van der Waals surface area (Å²) in [6.45, 7) is 2.59. The van der Waals surface area contributed by atoms with Gasteiger partial charge in [0, 0.05) is 50.3 Å². The number of azo groups is 1. The highest BCUT2D eigenvalue weighted by molar-refractivity contribution is 6.31. The van der Waals surface area contributed by atoms with E-state index in [0.717, 1.165) is 16.6 Å². The van der Waals surface area contributed by atoms with E-state index < -0.39 is 24.0 Å². The normalized spacial score (nSPS) is 16.1. The number of pyridine rings is 1. The van der Waals surface area contributed by atoms with Crippen LogP contribution in [0.15, 0.2) is 89.4 Å². The average Bonchev–Trinajstić information content (AvgIpc) is 3.38. The average molecular weight is 607 g/mol. The van der Waals surface area contributed by atoms with Gasteiger partial charge in [0.25, 0.3) is 0 Å². The zero-order valence-corrected chi connectivity index (χ0v) is 24.5. The predicted octanol–water partition coefficient (Wildman–Crippen LogP) is 6.27. The van der Waals surface area contributed by atoms with E-state index in [-0.39, 0.29) is 24.3 Å². The lowest BCUT2D eigenvalue weighted by atomic mass is 10.1. The Balaban J connectivity index is 1.19. The first-order chi connectivity index (χ1) is 20.8. The van der Waals surface area contributed by atoms with Crippen LogP contribution in [0.1, 0.15) is 25.3 Å². The lowest BCUT2D eigenvalue weighted by Gasteiger charge is -2.30. The van der Waals surface area contributed by atoms with Crippen molar-refractivity contribution in [2.24, 2.45) is 10.2 Å². The number of fused-ring (bicyclic) bond motifs is 2. The number of nitrogens with zero attached hydrogens (tertiary/aromatic N) is 6. The second kappa shape index (κ2) is 13.5. The first-order valence-electron chi connectivity index (χ1n) is 13.9. The minimum absolute atomic E-state index is 0.0310. The van der Waals surface area contributed by atoms with E-state index in [2.05, 4.69) is 25.8 Å². The smallest absolute Gasteiger partial charge is 0.412 e. The number of anilines is 1. The molecule has 0 spiro atoms. The molecule has 0 radical (unpaired) electrons. The number of urea groups is 1. The molecular weight excluding hydrogens is 575 g/mol. The Morgan fingerprint density at radius 3 is 2.81 bits per heavy atom. The Bertz CT molecular complexity index is 1580. The molecule has 2 aliphatic heterocycles. The number of hydrogen-bond acceptors (Lipinski definition) is 8. The Kier molecular flexibility index (Phi) is 9.35. The van der Waals surface area contributed by atoms with Gasteiger partial charge in [0.2, 0.25) is 0 Å². The number of aromatic nitrogens is 1. The van der Waals surface area contributed by atoms with E-state index >= 15 is 0 Å². The molecule has 43 heavy (non-hydrogen) atoms. The zero-order chi connectivity index (χ0) is 30.3. The number of rotatable bonds is 10. The molecule has 0 saturated heterocycles. The van der Waals surface area contributed by atoms with Crippen LogP contribution >= 0.6 is 11.6 Å². The second-order valence-corrected chi connectivity index (χ2v) is 10.6. The summed E-state index contributed by atoms with van der Waals surface area (Å²) in [5.74, 6) is 0.565. The molecule has 13 heteroatoms. The minimum atomic E-state index is -0.683. The van der Waals surface area contributed by atoms with Crippen LogP contribution in [0.4, 0.5) is 19.8 Å². The quantitative estimate of drug-likeness (QED) is 0.281. The Morgan fingerprint density at radius 2 is 1.98 bits per heavy atom. The molecule has 0 aliphatic carbocycles. The van der Waals surface area contributed by atoms with E-state index in [1.807, 2.05) is 59.6 Å². The molecule has 1 aromatic heterocycles. The lowest BCUT2D eigenvalue weighted by molar-refractivity contribution is 0.112. The van der Waals surface area contributed by atoms with Gasteiger partial charge in [0.1, 0.15) is 24.4 Å². The van der Waals surface area contributed by atoms with E-state index in [4.69, 9.17) is 16.3 Å². The fraction of sp³-hybridized carbons (Fsp3) is 0.300. The summed E-state index contributed by atoms with van der Waals surface area (Å²) in [5, 5.41) is 15.6. The highest BCUT2D eigenvalue weighted by Gasteiger charge is 2.25. The van der Waals surface area contributed by atoms with Gasteiger partial charge >= 0.3 is 12.1 Å². The molecule has 0 bridgehead atoms. The highest BCUT2D eigenvalue weighted by Crippen LogP contribution is 2.25. The van der Waals surface area contributed by atoms with Crippen LogP contribution in [0.5, 0.6) is 0 Å². The number of amides is 3. The first kappa shape index (κ1) is 29.8. The number of ether oxygens (including phenoxy) is 1. The Labute approximate surface area is 253 Å². The second-order valence-electron chi connectivity index (χ2n) is 10.2. The van der Waals surface area contributed by atoms with Crippen LogP contribution < -0.4 is 10.6 Å². The number of carbonyl (C=O) groups is 2. The number of nitrogens with one attached hydrogen (secondary N) is 2. The fourth-order valence-corrected chi connectivity index (χ4v) is 4.92. The molecule has 3 amide bonds. The number of likely N-dealkylation sites (N-methyl/N-ethyl adjacent to an activating group) is 1. The van der Waals surface area contributed by atoms with Crippen LogP contribution in [0, 0.1) is 5.82 Å². The van der Waals surface area contributed by atoms with Crippen molar-refractivity contribution in [2.45, 2.75) is 38.5 Å². The van der Waals surface area contributed by atoms with Crippen molar-refractivity contribution in [3.05, 3.63) is 95.6 Å². The van der Waals surface area contributed by atoms with Crippen molar-refractivity contribution in [2.75, 3.05) is 25.5 Å². The third-order valence-electron chi connectivity index (χ3n) is 7.25. The van der Waals surface area contributed by atoms with Gasteiger partial charge in [-0.15, -0.1) is 5.11 Å². The molecular formula is C30H32ClFN8O3. The van der Waals surface area contributed by atoms with Crippen LogP contribution in [-0.2, 0) is 11.3 Å². The summed E-state index contributed by atoms with van der Waals surface area (Å²) in [6, 6.07) is 13.0. The predicted molar refractivity (Wildman–Crippen MR) is 161 cm³/mol. The maximum atomic E-state index is 13.8. The van der Waals surface area contributed by atoms with Crippen LogP contribution in [0.3, 0.4) is 0 Å². The molecule has 5 rings (SSSR count). The summed E-state index contributed by atoms with van der Waals surface area (Å²) in [4.78, 5) is 35.5. The number of carbonyl (C=O) groups excluding carboxylic acids is 2. The van der Waals surface area contributed by atoms with Crippen LogP contribution in [0.2, 0.25) is 5.02 Å². The van der Waals surface area contributed by atoms with Crippen molar-refractivity contribution < 1.29 is 18.7 Å². The largest absolute Gasteiger partial charge is 0.447 e. The van der Waals surface area contributed by atoms with Crippen molar-refractivity contribution in [3.8, 4) is 0 Å². The molecule has 1 unspecified atom stereocenters. The SMILES string of the molecule is CC1N=NC2=CN(CCC[C@@H](COC(=O)Nc3cc4ccccc4cn3)N(C)C(=O)NCc3cccc(F)c3Cl)C=CN21. The summed E-state index contributed by atoms with van der Waals surface area (Å²) in [6.07, 6.45) is 7.97. The molecule has 0 fully saturated rings. The first-order valence-corrected chi connectivity index (χ1v) is 14.2. The molecule has 2 atom stereocenters. The minimum Gasteiger partial charge on any atom is -0.447 e. The summed E-state index contributed by atoms with van der Waals surface area (Å²) >= 11 is 6.05. The summed E-state index contributed by atoms with van der Waals surface area (Å²) < 4.78 is 19.4. The molecule has 11 nitrogen and oxygen atoms in total. The fourth-order valence-electron chi connectivity index (χ4n) is 4.73. The van der Waals surface area contributed by atoms with Gasteiger partial charge in [-0.1, -0.05) is 48.0 Å². The van der Waals surface area contributed by atoms with Gasteiger partial charge < -0.3 is 24.8 Å². The van der Waals surface area contributed by atoms with Crippen molar-refractivity contribution in [3.63, 3.8) is 0 Å². The summed E-state index contributed by atoms with van der Waals surface area (Å²) in [7, 11) is 1.63. The molecule has 2 aliphatic rings. The van der Waals surface area contributed by atoms with E-state index in [9.17, 15) is 14.0 Å². The van der Waals surface area contributed by atoms with Crippen molar-refractivity contribution in [1.29, 1.82) is 0 Å². The third kappa shape index (κ3) is 7.39. The molecule has 0 saturated carbocycles. The molecule has 2 N–H and O–H groups in total. The third-order valence-corrected chi connectivity index (χ3v) is 7.67.